The van der Waals surface area contributed by atoms with E-state index in [0.29, 0.717) is 5.69 Å². The predicted molar refractivity (Wildman–Crippen MR) is 71.3 cm³/mol. The maximum Gasteiger partial charge on any atom is 0.328 e. The van der Waals surface area contributed by atoms with Crippen LogP contribution in [0.25, 0.3) is 0 Å². The van der Waals surface area contributed by atoms with E-state index < -0.39 is 6.04 Å². The van der Waals surface area contributed by atoms with Crippen LogP contribution in [0, 0.1) is 11.7 Å². The average Bonchev–Trinajstić information content (AvgIpc) is 2.89. The first-order valence-electron chi connectivity index (χ1n) is 5.88. The highest BCUT2D eigenvalue weighted by Crippen LogP contribution is 2.28. The summed E-state index contributed by atoms with van der Waals surface area (Å²) in [6.07, 6.45) is 0.979. The Morgan fingerprint density at radius 1 is 1.61 bits per heavy atom. The van der Waals surface area contributed by atoms with Gasteiger partial charge in [-0.25, -0.2) is 9.18 Å². The summed E-state index contributed by atoms with van der Waals surface area (Å²) in [5.74, 6) is 1.63. The maximum atomic E-state index is 13.1. The van der Waals surface area contributed by atoms with Crippen molar-refractivity contribution in [2.24, 2.45) is 5.92 Å². The standard InChI is InChI=1S/C13H16FNO2S/c1-17-13(16)12(9-5-6-18-8-9)15-11-4-2-3-10(14)7-11/h2-4,7,9,12,15H,5-6,8H2,1H3. The number of ether oxygens (including phenoxy) is 1. The number of carbonyl (C=O) groups is 1. The van der Waals surface area contributed by atoms with Crippen LogP contribution in [0.1, 0.15) is 6.42 Å². The summed E-state index contributed by atoms with van der Waals surface area (Å²) in [5, 5.41) is 3.08. The van der Waals surface area contributed by atoms with Crippen LogP contribution < -0.4 is 5.32 Å². The summed E-state index contributed by atoms with van der Waals surface area (Å²) < 4.78 is 17.9. The number of thioether (sulfide) groups is 1. The fourth-order valence-corrected chi connectivity index (χ4v) is 3.37. The molecule has 0 radical (unpaired) electrons. The number of nitrogens with one attached hydrogen (secondary N) is 1. The second kappa shape index (κ2) is 6.09. The summed E-state index contributed by atoms with van der Waals surface area (Å²) in [5.41, 5.74) is 0.613. The molecule has 1 N–H and O–H groups in total. The lowest BCUT2D eigenvalue weighted by Crippen LogP contribution is -2.38. The Kier molecular flexibility index (Phi) is 4.47. The highest BCUT2D eigenvalue weighted by atomic mass is 32.2. The van der Waals surface area contributed by atoms with Gasteiger partial charge in [0.05, 0.1) is 7.11 Å². The molecule has 1 aliphatic heterocycles. The Morgan fingerprint density at radius 3 is 3.06 bits per heavy atom. The molecule has 0 spiro atoms. The molecule has 1 aromatic rings. The summed E-state index contributed by atoms with van der Waals surface area (Å²) in [4.78, 5) is 11.8. The molecule has 5 heteroatoms. The topological polar surface area (TPSA) is 38.3 Å². The van der Waals surface area contributed by atoms with Gasteiger partial charge in [0, 0.05) is 5.69 Å². The molecule has 1 heterocycles. The third kappa shape index (κ3) is 3.16. The quantitative estimate of drug-likeness (QED) is 0.852. The van der Waals surface area contributed by atoms with E-state index >= 15 is 0 Å². The van der Waals surface area contributed by atoms with Crippen molar-refractivity contribution >= 4 is 23.4 Å². The molecule has 1 saturated heterocycles. The molecule has 98 valence electrons. The number of hydrogen-bond donors (Lipinski definition) is 1. The summed E-state index contributed by atoms with van der Waals surface area (Å²) in [6.45, 7) is 0. The van der Waals surface area contributed by atoms with E-state index in [2.05, 4.69) is 5.32 Å². The second-order valence-corrected chi connectivity index (χ2v) is 5.43. The fraction of sp³-hybridized carbons (Fsp3) is 0.462. The van der Waals surface area contributed by atoms with E-state index in [-0.39, 0.29) is 17.7 Å². The van der Waals surface area contributed by atoms with E-state index in [1.165, 1.54) is 19.2 Å². The number of halogens is 1. The molecule has 2 unspecified atom stereocenters. The summed E-state index contributed by atoms with van der Waals surface area (Å²) in [7, 11) is 1.38. The van der Waals surface area contributed by atoms with Crippen molar-refractivity contribution in [1.82, 2.24) is 0 Å². The molecule has 0 aromatic heterocycles. The van der Waals surface area contributed by atoms with Gasteiger partial charge in [-0.15, -0.1) is 0 Å². The SMILES string of the molecule is COC(=O)C(Nc1cccc(F)c1)C1CCSC1. The van der Waals surface area contributed by atoms with Crippen molar-refractivity contribution in [3.63, 3.8) is 0 Å². The molecule has 1 fully saturated rings. The van der Waals surface area contributed by atoms with Crippen molar-refractivity contribution in [3.8, 4) is 0 Å². The van der Waals surface area contributed by atoms with Crippen LogP contribution in [-0.2, 0) is 9.53 Å². The summed E-state index contributed by atoms with van der Waals surface area (Å²) >= 11 is 1.83. The minimum Gasteiger partial charge on any atom is -0.467 e. The molecule has 2 atom stereocenters. The van der Waals surface area contributed by atoms with Gasteiger partial charge in [-0.05, 0) is 42.0 Å². The predicted octanol–water partition coefficient (Wildman–Crippen LogP) is 2.53. The molecule has 1 aliphatic rings. The fourth-order valence-electron chi connectivity index (χ4n) is 2.07. The second-order valence-electron chi connectivity index (χ2n) is 4.28. The van der Waals surface area contributed by atoms with Gasteiger partial charge in [0.2, 0.25) is 0 Å². The van der Waals surface area contributed by atoms with E-state index in [9.17, 15) is 9.18 Å². The lowest BCUT2D eigenvalue weighted by atomic mass is 9.99. The Hall–Kier alpha value is -1.23. The molecular weight excluding hydrogens is 253 g/mol. The number of esters is 1. The minimum absolute atomic E-state index is 0.241. The van der Waals surface area contributed by atoms with Crippen LogP contribution >= 0.6 is 11.8 Å². The normalized spacial score (nSPS) is 20.4. The van der Waals surface area contributed by atoms with Gasteiger partial charge in [0.25, 0.3) is 0 Å². The van der Waals surface area contributed by atoms with Crippen LogP contribution in [-0.4, -0.2) is 30.6 Å². The maximum absolute atomic E-state index is 13.1. The summed E-state index contributed by atoms with van der Waals surface area (Å²) in [6, 6.07) is 5.74. The lowest BCUT2D eigenvalue weighted by molar-refractivity contribution is -0.142. The molecule has 3 nitrogen and oxygen atoms in total. The monoisotopic (exact) mass is 269 g/mol. The molecule has 0 saturated carbocycles. The highest BCUT2D eigenvalue weighted by molar-refractivity contribution is 7.99. The van der Waals surface area contributed by atoms with Crippen molar-refractivity contribution in [2.45, 2.75) is 12.5 Å². The van der Waals surface area contributed by atoms with Gasteiger partial charge in [0.15, 0.2) is 0 Å². The smallest absolute Gasteiger partial charge is 0.328 e. The molecule has 0 amide bonds. The number of anilines is 1. The molecule has 0 bridgehead atoms. The van der Waals surface area contributed by atoms with Gasteiger partial charge in [0.1, 0.15) is 11.9 Å². The van der Waals surface area contributed by atoms with E-state index in [0.717, 1.165) is 17.9 Å². The Labute approximate surface area is 110 Å². The van der Waals surface area contributed by atoms with Crippen LogP contribution in [0.5, 0.6) is 0 Å². The third-order valence-electron chi connectivity index (χ3n) is 3.04. The molecule has 2 rings (SSSR count). The molecular formula is C13H16FNO2S. The Morgan fingerprint density at radius 2 is 2.44 bits per heavy atom. The first-order chi connectivity index (χ1) is 8.70. The number of rotatable bonds is 4. The van der Waals surface area contributed by atoms with Crippen LogP contribution in [0.15, 0.2) is 24.3 Å². The highest BCUT2D eigenvalue weighted by Gasteiger charge is 2.31. The van der Waals surface area contributed by atoms with Gasteiger partial charge >= 0.3 is 5.97 Å². The third-order valence-corrected chi connectivity index (χ3v) is 4.23. The van der Waals surface area contributed by atoms with Gasteiger partial charge in [-0.2, -0.15) is 11.8 Å². The van der Waals surface area contributed by atoms with E-state index in [1.54, 1.807) is 12.1 Å². The largest absolute Gasteiger partial charge is 0.467 e. The minimum atomic E-state index is -0.396. The van der Waals surface area contributed by atoms with Gasteiger partial charge in [-0.1, -0.05) is 6.07 Å². The van der Waals surface area contributed by atoms with Crippen LogP contribution in [0.2, 0.25) is 0 Å². The van der Waals surface area contributed by atoms with Crippen molar-refractivity contribution in [1.29, 1.82) is 0 Å². The Balaban J connectivity index is 2.11. The Bertz CT molecular complexity index is 421. The zero-order valence-electron chi connectivity index (χ0n) is 10.2. The molecule has 18 heavy (non-hydrogen) atoms. The zero-order valence-corrected chi connectivity index (χ0v) is 11.0. The number of methoxy groups -OCH3 is 1. The number of benzene rings is 1. The number of hydrogen-bond acceptors (Lipinski definition) is 4. The van der Waals surface area contributed by atoms with Crippen molar-refractivity contribution < 1.29 is 13.9 Å². The first-order valence-corrected chi connectivity index (χ1v) is 7.04. The van der Waals surface area contributed by atoms with Crippen LogP contribution in [0.4, 0.5) is 10.1 Å². The molecule has 0 aliphatic carbocycles. The lowest BCUT2D eigenvalue weighted by Gasteiger charge is -2.22. The van der Waals surface area contributed by atoms with Crippen LogP contribution in [0.3, 0.4) is 0 Å². The number of carbonyl (C=O) groups excluding carboxylic acids is 1. The molecule has 1 aromatic carbocycles. The van der Waals surface area contributed by atoms with E-state index in [4.69, 9.17) is 4.74 Å². The zero-order chi connectivity index (χ0) is 13.0. The van der Waals surface area contributed by atoms with Crippen molar-refractivity contribution in [3.05, 3.63) is 30.1 Å². The van der Waals surface area contributed by atoms with Gasteiger partial charge < -0.3 is 10.1 Å². The van der Waals surface area contributed by atoms with Gasteiger partial charge in [-0.3, -0.25) is 0 Å². The van der Waals surface area contributed by atoms with Crippen molar-refractivity contribution in [2.75, 3.05) is 23.9 Å². The average molecular weight is 269 g/mol. The van der Waals surface area contributed by atoms with E-state index in [1.807, 2.05) is 11.8 Å². The first kappa shape index (κ1) is 13.2.